The first-order valence-corrected chi connectivity index (χ1v) is 6.16. The van der Waals surface area contributed by atoms with Gasteiger partial charge in [-0.25, -0.2) is 0 Å². The van der Waals surface area contributed by atoms with Gasteiger partial charge in [0.05, 0.1) is 6.10 Å². The van der Waals surface area contributed by atoms with Crippen molar-refractivity contribution in [3.05, 3.63) is 33.3 Å². The predicted octanol–water partition coefficient (Wildman–Crippen LogP) is 3.14. The first-order chi connectivity index (χ1) is 7.15. The van der Waals surface area contributed by atoms with Crippen LogP contribution in [0.15, 0.2) is 22.7 Å². The molecule has 0 bridgehead atoms. The molecule has 0 amide bonds. The van der Waals surface area contributed by atoms with Gasteiger partial charge in [-0.05, 0) is 30.7 Å². The maximum Gasteiger partial charge on any atom is 0.0925 e. The summed E-state index contributed by atoms with van der Waals surface area (Å²) >= 11 is 9.21. The number of rotatable bonds is 5. The van der Waals surface area contributed by atoms with Crippen molar-refractivity contribution in [3.8, 4) is 0 Å². The Kier molecular flexibility index (Phi) is 5.61. The quantitative estimate of drug-likeness (QED) is 0.817. The second kappa shape index (κ2) is 6.48. The van der Waals surface area contributed by atoms with Gasteiger partial charge >= 0.3 is 0 Å². The average Bonchev–Trinajstić information content (AvgIpc) is 2.17. The molecule has 1 unspecified atom stereocenters. The largest absolute Gasteiger partial charge is 0.387 e. The molecule has 15 heavy (non-hydrogen) atoms. The highest BCUT2D eigenvalue weighted by Gasteiger charge is 2.10. The minimum Gasteiger partial charge on any atom is -0.387 e. The van der Waals surface area contributed by atoms with Crippen LogP contribution in [0.1, 0.15) is 25.0 Å². The monoisotopic (exact) mass is 291 g/mol. The molecule has 0 aliphatic heterocycles. The number of benzene rings is 1. The van der Waals surface area contributed by atoms with Crippen molar-refractivity contribution in [1.82, 2.24) is 5.32 Å². The molecule has 0 saturated heterocycles. The lowest BCUT2D eigenvalue weighted by molar-refractivity contribution is 0.174. The fourth-order valence-corrected chi connectivity index (χ4v) is 2.24. The minimum atomic E-state index is -0.497. The van der Waals surface area contributed by atoms with Gasteiger partial charge in [-0.15, -0.1) is 0 Å². The summed E-state index contributed by atoms with van der Waals surface area (Å²) in [7, 11) is 0. The number of nitrogens with one attached hydrogen (secondary N) is 1. The van der Waals surface area contributed by atoms with Gasteiger partial charge in [0.1, 0.15) is 0 Å². The summed E-state index contributed by atoms with van der Waals surface area (Å²) in [6.45, 7) is 3.58. The molecule has 0 aromatic heterocycles. The van der Waals surface area contributed by atoms with Crippen molar-refractivity contribution in [3.63, 3.8) is 0 Å². The first kappa shape index (κ1) is 13.0. The smallest absolute Gasteiger partial charge is 0.0925 e. The number of aliphatic hydroxyl groups is 1. The van der Waals surface area contributed by atoms with E-state index in [0.29, 0.717) is 11.6 Å². The summed E-state index contributed by atoms with van der Waals surface area (Å²) in [6.07, 6.45) is 0.567. The van der Waals surface area contributed by atoms with Gasteiger partial charge in [0.25, 0.3) is 0 Å². The zero-order valence-corrected chi connectivity index (χ0v) is 11.0. The van der Waals surface area contributed by atoms with E-state index in [0.717, 1.165) is 23.0 Å². The van der Waals surface area contributed by atoms with E-state index in [1.54, 1.807) is 12.1 Å². The molecule has 1 aromatic carbocycles. The Labute approximate surface area is 104 Å². The van der Waals surface area contributed by atoms with Gasteiger partial charge in [0.15, 0.2) is 0 Å². The second-order valence-corrected chi connectivity index (χ2v) is 4.68. The lowest BCUT2D eigenvalue weighted by Gasteiger charge is -2.13. The predicted molar refractivity (Wildman–Crippen MR) is 67.3 cm³/mol. The van der Waals surface area contributed by atoms with Gasteiger partial charge in [-0.3, -0.25) is 0 Å². The summed E-state index contributed by atoms with van der Waals surface area (Å²) in [5.74, 6) is 0. The molecule has 1 rings (SSSR count). The first-order valence-electron chi connectivity index (χ1n) is 4.99. The van der Waals surface area contributed by atoms with Crippen LogP contribution >= 0.6 is 27.5 Å². The Balaban J connectivity index is 2.61. The highest BCUT2D eigenvalue weighted by Crippen LogP contribution is 2.26. The summed E-state index contributed by atoms with van der Waals surface area (Å²) in [5.41, 5.74) is 0.864. The third-order valence-electron chi connectivity index (χ3n) is 2.09. The Morgan fingerprint density at radius 1 is 1.53 bits per heavy atom. The minimum absolute atomic E-state index is 0.497. The lowest BCUT2D eigenvalue weighted by Crippen LogP contribution is -2.22. The molecule has 0 spiro atoms. The normalized spacial score (nSPS) is 12.8. The summed E-state index contributed by atoms with van der Waals surface area (Å²) in [6, 6.07) is 5.41. The van der Waals surface area contributed by atoms with Crippen LogP contribution in [-0.4, -0.2) is 18.2 Å². The van der Waals surface area contributed by atoms with E-state index in [1.807, 2.05) is 6.07 Å². The summed E-state index contributed by atoms with van der Waals surface area (Å²) < 4.78 is 0.848. The van der Waals surface area contributed by atoms with E-state index in [-0.39, 0.29) is 0 Å². The fraction of sp³-hybridized carbons (Fsp3) is 0.455. The molecule has 0 heterocycles. The molecule has 0 fully saturated rings. The van der Waals surface area contributed by atoms with Crippen LogP contribution in [0.3, 0.4) is 0 Å². The number of hydrogen-bond donors (Lipinski definition) is 2. The number of halogens is 2. The molecule has 2 N–H and O–H groups in total. The molecule has 1 aromatic rings. The van der Waals surface area contributed by atoms with Crippen LogP contribution in [0.5, 0.6) is 0 Å². The van der Waals surface area contributed by atoms with Crippen LogP contribution in [0.25, 0.3) is 0 Å². The van der Waals surface area contributed by atoms with E-state index in [9.17, 15) is 5.11 Å². The Morgan fingerprint density at radius 2 is 2.27 bits per heavy atom. The number of aliphatic hydroxyl groups excluding tert-OH is 1. The third-order valence-corrected chi connectivity index (χ3v) is 3.01. The van der Waals surface area contributed by atoms with Gasteiger partial charge in [0.2, 0.25) is 0 Å². The second-order valence-electron chi connectivity index (χ2n) is 3.39. The van der Waals surface area contributed by atoms with Crippen molar-refractivity contribution in [1.29, 1.82) is 0 Å². The molecule has 2 nitrogen and oxygen atoms in total. The van der Waals surface area contributed by atoms with E-state index in [4.69, 9.17) is 11.6 Å². The fourth-order valence-electron chi connectivity index (χ4n) is 1.30. The van der Waals surface area contributed by atoms with Crippen LogP contribution in [0, 0.1) is 0 Å². The Morgan fingerprint density at radius 3 is 2.87 bits per heavy atom. The molecule has 0 radical (unpaired) electrons. The topological polar surface area (TPSA) is 32.3 Å². The highest BCUT2D eigenvalue weighted by molar-refractivity contribution is 9.10. The summed E-state index contributed by atoms with van der Waals surface area (Å²) in [4.78, 5) is 0. The van der Waals surface area contributed by atoms with Crippen LogP contribution in [0.2, 0.25) is 5.02 Å². The van der Waals surface area contributed by atoms with E-state index in [2.05, 4.69) is 28.2 Å². The molecular formula is C11H15BrClNO. The molecule has 0 aliphatic rings. The van der Waals surface area contributed by atoms with Crippen LogP contribution < -0.4 is 5.32 Å². The van der Waals surface area contributed by atoms with Crippen molar-refractivity contribution in [2.24, 2.45) is 0 Å². The molecular weight excluding hydrogens is 277 g/mol. The zero-order chi connectivity index (χ0) is 11.3. The van der Waals surface area contributed by atoms with Crippen LogP contribution in [0.4, 0.5) is 0 Å². The van der Waals surface area contributed by atoms with Crippen molar-refractivity contribution >= 4 is 27.5 Å². The van der Waals surface area contributed by atoms with E-state index >= 15 is 0 Å². The third kappa shape index (κ3) is 4.11. The molecule has 4 heteroatoms. The Hall–Kier alpha value is -0.0900. The van der Waals surface area contributed by atoms with Gasteiger partial charge in [0, 0.05) is 16.0 Å². The summed E-state index contributed by atoms with van der Waals surface area (Å²) in [5, 5.41) is 13.7. The van der Waals surface area contributed by atoms with Gasteiger partial charge in [-0.1, -0.05) is 40.5 Å². The van der Waals surface area contributed by atoms with Crippen molar-refractivity contribution < 1.29 is 5.11 Å². The molecule has 0 aliphatic carbocycles. The standard InChI is InChI=1S/C11H15BrClNO/c1-2-5-14-7-11(15)9-4-3-8(13)6-10(9)12/h3-4,6,11,14-15H,2,5,7H2,1H3. The zero-order valence-electron chi connectivity index (χ0n) is 8.63. The Bertz CT molecular complexity index is 319. The molecule has 84 valence electrons. The highest BCUT2D eigenvalue weighted by atomic mass is 79.9. The number of hydrogen-bond acceptors (Lipinski definition) is 2. The molecule has 0 saturated carbocycles. The van der Waals surface area contributed by atoms with E-state index < -0.39 is 6.10 Å². The van der Waals surface area contributed by atoms with Crippen LogP contribution in [-0.2, 0) is 0 Å². The SMILES string of the molecule is CCCNCC(O)c1ccc(Cl)cc1Br. The van der Waals surface area contributed by atoms with Crippen molar-refractivity contribution in [2.75, 3.05) is 13.1 Å². The van der Waals surface area contributed by atoms with Crippen molar-refractivity contribution in [2.45, 2.75) is 19.4 Å². The average molecular weight is 293 g/mol. The maximum absolute atomic E-state index is 9.88. The van der Waals surface area contributed by atoms with Gasteiger partial charge < -0.3 is 10.4 Å². The maximum atomic E-state index is 9.88. The lowest BCUT2D eigenvalue weighted by atomic mass is 10.1. The van der Waals surface area contributed by atoms with Gasteiger partial charge in [-0.2, -0.15) is 0 Å². The molecule has 1 atom stereocenters. The van der Waals surface area contributed by atoms with E-state index in [1.165, 1.54) is 0 Å².